The Hall–Kier alpha value is -0.645. The van der Waals surface area contributed by atoms with Crippen LogP contribution < -0.4 is 10.2 Å². The van der Waals surface area contributed by atoms with Crippen molar-refractivity contribution >= 4 is 11.6 Å². The average molecular weight is 399 g/mol. The maximum Gasteiger partial charge on any atom is 2.00 e. The molecule has 80 valence electrons. The average Bonchev–Trinajstić information content (AvgIpc) is 1.79. The molecule has 0 heterocycles. The van der Waals surface area contributed by atoms with Crippen LogP contribution in [0.3, 0.4) is 0 Å². The molecule has 0 atom stereocenters. The smallest absolute Gasteiger partial charge is 0.876 e. The van der Waals surface area contributed by atoms with E-state index in [9.17, 15) is 19.8 Å². The van der Waals surface area contributed by atoms with Crippen LogP contribution in [0.4, 0.5) is 0 Å². The minimum atomic E-state index is -0.187. The maximum atomic E-state index is 9.98. The first kappa shape index (κ1) is 19.9. The largest absolute Gasteiger partial charge is 2.00 e. The molecule has 0 radical (unpaired) electrons. The molecule has 0 aromatic heterocycles. The van der Waals surface area contributed by atoms with Crippen LogP contribution in [0.5, 0.6) is 0 Å². The summed E-state index contributed by atoms with van der Waals surface area (Å²) in [5.74, 6) is -0.750. The fraction of sp³-hybridized carbons (Fsp3) is 0.400. The van der Waals surface area contributed by atoms with E-state index in [2.05, 4.69) is 0 Å². The summed E-state index contributed by atoms with van der Waals surface area (Å²) >= 11 is 0. The van der Waals surface area contributed by atoms with Crippen molar-refractivity contribution in [3.05, 3.63) is 23.7 Å². The summed E-state index contributed by atoms with van der Waals surface area (Å²) in [6.07, 6.45) is 2.11. The van der Waals surface area contributed by atoms with Crippen molar-refractivity contribution in [2.75, 3.05) is 0 Å². The second kappa shape index (κ2) is 11.4. The Labute approximate surface area is 110 Å². The topological polar surface area (TPSA) is 80.3 Å². The molecule has 0 aliphatic carbocycles. The first-order valence-corrected chi connectivity index (χ1v) is 3.97. The molecule has 0 unspecified atom stereocenters. The van der Waals surface area contributed by atoms with Gasteiger partial charge in [0.25, 0.3) is 0 Å². The van der Waals surface area contributed by atoms with Gasteiger partial charge in [-0.15, -0.1) is 11.5 Å². The van der Waals surface area contributed by atoms with Crippen molar-refractivity contribution in [3.63, 3.8) is 0 Å². The molecule has 4 nitrogen and oxygen atoms in total. The molecule has 0 aliphatic rings. The Bertz CT molecular complexity index is 231. The number of ketones is 2. The Morgan fingerprint density at radius 1 is 0.800 bits per heavy atom. The van der Waals surface area contributed by atoms with Gasteiger partial charge in [-0.3, -0.25) is 9.59 Å². The van der Waals surface area contributed by atoms with Crippen LogP contribution in [0.1, 0.15) is 27.7 Å². The first-order valence-electron chi connectivity index (χ1n) is 3.97. The molecular formula is C10H14HgO4. The zero-order valence-corrected chi connectivity index (χ0v) is 15.0. The zero-order valence-electron chi connectivity index (χ0n) is 9.49. The maximum absolute atomic E-state index is 9.98. The Morgan fingerprint density at radius 3 is 1.00 bits per heavy atom. The summed E-state index contributed by atoms with van der Waals surface area (Å²) in [5.41, 5.74) is 0. The summed E-state index contributed by atoms with van der Waals surface area (Å²) in [4.78, 5) is 20.0. The molecule has 0 amide bonds. The van der Waals surface area contributed by atoms with Gasteiger partial charge in [-0.05, 0) is 26.0 Å². The third-order valence-corrected chi connectivity index (χ3v) is 0.813. The van der Waals surface area contributed by atoms with Crippen LogP contribution in [0.25, 0.3) is 0 Å². The Morgan fingerprint density at radius 2 is 1.00 bits per heavy atom. The van der Waals surface area contributed by atoms with Gasteiger partial charge in [0.2, 0.25) is 0 Å². The molecule has 0 saturated carbocycles. The normalized spacial score (nSPS) is 10.7. The van der Waals surface area contributed by atoms with E-state index in [1.807, 2.05) is 0 Å². The van der Waals surface area contributed by atoms with Gasteiger partial charge in [0.05, 0.1) is 0 Å². The molecular weight excluding hydrogens is 385 g/mol. The molecule has 15 heavy (non-hydrogen) atoms. The number of allylic oxidation sites excluding steroid dienone is 4. The van der Waals surface area contributed by atoms with Gasteiger partial charge >= 0.3 is 27.7 Å². The van der Waals surface area contributed by atoms with Gasteiger partial charge in [0.15, 0.2) is 11.6 Å². The molecule has 0 fully saturated rings. The van der Waals surface area contributed by atoms with Crippen molar-refractivity contribution in [1.82, 2.24) is 0 Å². The van der Waals surface area contributed by atoms with Crippen molar-refractivity contribution in [3.8, 4) is 0 Å². The van der Waals surface area contributed by atoms with Crippen LogP contribution in [0.2, 0.25) is 0 Å². The van der Waals surface area contributed by atoms with Crippen LogP contribution in [0.15, 0.2) is 23.7 Å². The van der Waals surface area contributed by atoms with Crippen molar-refractivity contribution < 1.29 is 47.5 Å². The van der Waals surface area contributed by atoms with Crippen LogP contribution >= 0.6 is 0 Å². The molecule has 0 bridgehead atoms. The molecule has 0 aromatic rings. The summed E-state index contributed by atoms with van der Waals surface area (Å²) in [6.45, 7) is 5.39. The van der Waals surface area contributed by atoms with Gasteiger partial charge in [-0.1, -0.05) is 13.8 Å². The molecule has 0 aliphatic heterocycles. The quantitative estimate of drug-likeness (QED) is 0.362. The Kier molecular flexibility index (Phi) is 15.1. The second-order valence-corrected chi connectivity index (χ2v) is 2.73. The predicted octanol–water partition coefficient (Wildman–Crippen LogP) is -0.324. The van der Waals surface area contributed by atoms with E-state index in [1.165, 1.54) is 27.7 Å². The predicted molar refractivity (Wildman–Crippen MR) is 48.9 cm³/mol. The number of carbonyl (C=O) groups is 2. The number of hydrogen-bond donors (Lipinski definition) is 0. The molecule has 0 saturated heterocycles. The monoisotopic (exact) mass is 400 g/mol. The van der Waals surface area contributed by atoms with Gasteiger partial charge in [-0.2, -0.15) is 0 Å². The molecule has 5 heteroatoms. The minimum absolute atomic E-state index is 0. The van der Waals surface area contributed by atoms with E-state index in [-0.39, 0.29) is 50.8 Å². The number of rotatable bonds is 2. The number of hydrogen-bond acceptors (Lipinski definition) is 4. The van der Waals surface area contributed by atoms with Crippen molar-refractivity contribution in [1.29, 1.82) is 0 Å². The number of carbonyl (C=O) groups excluding carboxylic acids is 2. The van der Waals surface area contributed by atoms with Crippen LogP contribution in [0, 0.1) is 0 Å². The van der Waals surface area contributed by atoms with Gasteiger partial charge in [0, 0.05) is 0 Å². The van der Waals surface area contributed by atoms with E-state index in [4.69, 9.17) is 0 Å². The fourth-order valence-corrected chi connectivity index (χ4v) is 0.572. The van der Waals surface area contributed by atoms with Gasteiger partial charge in [0.1, 0.15) is 0 Å². The summed E-state index contributed by atoms with van der Waals surface area (Å²) in [6, 6.07) is 0. The van der Waals surface area contributed by atoms with E-state index >= 15 is 0 Å². The minimum Gasteiger partial charge on any atom is -0.876 e. The summed E-state index contributed by atoms with van der Waals surface area (Å²) < 4.78 is 0. The van der Waals surface area contributed by atoms with Crippen LogP contribution in [-0.2, 0) is 37.3 Å². The van der Waals surface area contributed by atoms with E-state index in [0.717, 1.165) is 12.2 Å². The standard InChI is InChI=1S/2C5H8O2.Hg/c2*1-4(6)3-5(2)7;/h2*3,6H,1-2H3;/q;;+2/p-2. The summed E-state index contributed by atoms with van der Waals surface area (Å²) in [7, 11) is 0. The third kappa shape index (κ3) is 31.8. The second-order valence-electron chi connectivity index (χ2n) is 2.73. The van der Waals surface area contributed by atoms with E-state index < -0.39 is 0 Å². The molecule has 0 N–H and O–H groups in total. The zero-order chi connectivity index (χ0) is 11.7. The van der Waals surface area contributed by atoms with Crippen molar-refractivity contribution in [2.24, 2.45) is 0 Å². The van der Waals surface area contributed by atoms with Crippen LogP contribution in [-0.4, -0.2) is 11.6 Å². The SMILES string of the molecule is CC(=O)C=C(C)[O-].CC(=O)C=C(C)[O-].[Hg+2]. The van der Waals surface area contributed by atoms with Gasteiger partial charge < -0.3 is 10.2 Å². The molecule has 0 rings (SSSR count). The van der Waals surface area contributed by atoms with E-state index in [0.29, 0.717) is 0 Å². The van der Waals surface area contributed by atoms with Crippen molar-refractivity contribution in [2.45, 2.75) is 27.7 Å². The Balaban J connectivity index is -0.000000180. The molecule has 0 spiro atoms. The fourth-order valence-electron chi connectivity index (χ4n) is 0.572. The first-order chi connectivity index (χ1) is 6.25. The van der Waals surface area contributed by atoms with Gasteiger partial charge in [-0.25, -0.2) is 0 Å². The summed E-state index contributed by atoms with van der Waals surface area (Å²) in [5, 5.41) is 20.0. The molecule has 0 aromatic carbocycles. The van der Waals surface area contributed by atoms with E-state index in [1.54, 1.807) is 0 Å². The third-order valence-electron chi connectivity index (χ3n) is 0.813.